The van der Waals surface area contributed by atoms with Gasteiger partial charge in [-0.25, -0.2) is 4.79 Å². The maximum Gasteiger partial charge on any atom is 0.323 e. The Hall–Kier alpha value is -2.14. The van der Waals surface area contributed by atoms with Gasteiger partial charge in [0.1, 0.15) is 0 Å². The molecule has 0 spiro atoms. The van der Waals surface area contributed by atoms with Gasteiger partial charge >= 0.3 is 6.03 Å². The molecule has 0 radical (unpaired) electrons. The molecule has 92 valence electrons. The Morgan fingerprint density at radius 1 is 0.944 bits per heavy atom. The number of nitrogens with two attached hydrogens (primary N) is 1. The molecule has 3 N–H and O–H groups in total. The van der Waals surface area contributed by atoms with Gasteiger partial charge in [0.25, 0.3) is 0 Å². The van der Waals surface area contributed by atoms with Gasteiger partial charge in [-0.1, -0.05) is 36.4 Å². The largest absolute Gasteiger partial charge is 0.351 e. The van der Waals surface area contributed by atoms with E-state index in [1.54, 1.807) is 0 Å². The molecule has 0 aromatic heterocycles. The zero-order valence-electron chi connectivity index (χ0n) is 9.61. The van der Waals surface area contributed by atoms with E-state index >= 15 is 0 Å². The Morgan fingerprint density at radius 2 is 1.39 bits per heavy atom. The smallest absolute Gasteiger partial charge is 0.323 e. The first-order chi connectivity index (χ1) is 8.77. The number of nitrogens with one attached hydrogen (secondary N) is 1. The number of amides is 2. The lowest BCUT2D eigenvalue weighted by molar-refractivity contribution is 0.254. The number of carbonyl (C=O) groups excluding carboxylic acids is 1. The van der Waals surface area contributed by atoms with Crippen molar-refractivity contribution in [2.75, 3.05) is 4.31 Å². The summed E-state index contributed by atoms with van der Waals surface area (Å²) in [4.78, 5) is 10.8. The first kappa shape index (κ1) is 12.3. The van der Waals surface area contributed by atoms with Crippen LogP contribution >= 0.6 is 12.1 Å². The van der Waals surface area contributed by atoms with Gasteiger partial charge in [-0.3, -0.25) is 9.03 Å². The molecular weight excluding hydrogens is 246 g/mol. The van der Waals surface area contributed by atoms with Crippen molar-refractivity contribution in [1.82, 2.24) is 4.72 Å². The number of rotatable bonds is 4. The molecule has 2 amide bonds. The highest BCUT2D eigenvalue weighted by Gasteiger charge is 2.10. The molecule has 0 aliphatic heterocycles. The molecule has 2 aromatic carbocycles. The molecule has 0 saturated carbocycles. The summed E-state index contributed by atoms with van der Waals surface area (Å²) in [5.74, 6) is 0. The molecular formula is C13H13N3OS. The van der Waals surface area contributed by atoms with E-state index in [-0.39, 0.29) is 0 Å². The second-order valence-corrected chi connectivity index (χ2v) is 4.27. The second kappa shape index (κ2) is 5.97. The number of hydrogen-bond acceptors (Lipinski definition) is 3. The summed E-state index contributed by atoms with van der Waals surface area (Å²) >= 11 is 1.14. The van der Waals surface area contributed by atoms with Gasteiger partial charge in [-0.05, 0) is 24.3 Å². The monoisotopic (exact) mass is 259 g/mol. The Kier molecular flexibility index (Phi) is 4.09. The van der Waals surface area contributed by atoms with Crippen LogP contribution in [0.5, 0.6) is 0 Å². The van der Waals surface area contributed by atoms with Gasteiger partial charge < -0.3 is 5.73 Å². The molecule has 0 saturated heterocycles. The lowest BCUT2D eigenvalue weighted by atomic mass is 10.3. The van der Waals surface area contributed by atoms with Crippen molar-refractivity contribution >= 4 is 29.5 Å². The molecule has 0 aliphatic carbocycles. The fourth-order valence-corrected chi connectivity index (χ4v) is 2.11. The first-order valence-electron chi connectivity index (χ1n) is 5.40. The Balaban J connectivity index is 2.26. The van der Waals surface area contributed by atoms with Crippen molar-refractivity contribution in [1.29, 1.82) is 0 Å². The van der Waals surface area contributed by atoms with E-state index in [4.69, 9.17) is 5.73 Å². The molecule has 0 fully saturated rings. The van der Waals surface area contributed by atoms with Gasteiger partial charge in [-0.15, -0.1) is 0 Å². The van der Waals surface area contributed by atoms with Crippen LogP contribution in [0, 0.1) is 0 Å². The number of carbonyl (C=O) groups is 1. The fourth-order valence-electron chi connectivity index (χ4n) is 1.47. The molecule has 0 heterocycles. The number of nitrogens with zero attached hydrogens (tertiary/aromatic N) is 1. The number of para-hydroxylation sites is 2. The molecule has 5 heteroatoms. The maximum atomic E-state index is 10.8. The van der Waals surface area contributed by atoms with E-state index in [1.807, 2.05) is 65.0 Å². The highest BCUT2D eigenvalue weighted by molar-refractivity contribution is 7.99. The standard InChI is InChI=1S/C13H13N3OS/c14-13(17)15-18-16(11-7-3-1-4-8-11)12-9-5-2-6-10-12/h1-10H,(H3,14,15,17). The van der Waals surface area contributed by atoms with E-state index in [2.05, 4.69) is 4.72 Å². The van der Waals surface area contributed by atoms with Crippen LogP contribution < -0.4 is 14.8 Å². The van der Waals surface area contributed by atoms with Crippen molar-refractivity contribution in [3.05, 3.63) is 60.7 Å². The predicted octanol–water partition coefficient (Wildman–Crippen LogP) is 3.06. The average Bonchev–Trinajstić information content (AvgIpc) is 2.41. The highest BCUT2D eigenvalue weighted by atomic mass is 32.2. The van der Waals surface area contributed by atoms with Crippen molar-refractivity contribution in [3.63, 3.8) is 0 Å². The Bertz CT molecular complexity index is 465. The molecule has 18 heavy (non-hydrogen) atoms. The minimum absolute atomic E-state index is 0.572. The zero-order chi connectivity index (χ0) is 12.8. The van der Waals surface area contributed by atoms with Crippen LogP contribution in [0.3, 0.4) is 0 Å². The van der Waals surface area contributed by atoms with Crippen LogP contribution in [-0.4, -0.2) is 6.03 Å². The van der Waals surface area contributed by atoms with E-state index in [0.717, 1.165) is 23.5 Å². The summed E-state index contributed by atoms with van der Waals surface area (Å²) in [6.07, 6.45) is 0. The maximum absolute atomic E-state index is 10.8. The summed E-state index contributed by atoms with van der Waals surface area (Å²) < 4.78 is 4.42. The lowest BCUT2D eigenvalue weighted by Crippen LogP contribution is -2.27. The first-order valence-corrected chi connectivity index (χ1v) is 6.17. The number of primary amides is 1. The topological polar surface area (TPSA) is 58.4 Å². The summed E-state index contributed by atoms with van der Waals surface area (Å²) in [7, 11) is 0. The van der Waals surface area contributed by atoms with Gasteiger partial charge in [0.2, 0.25) is 0 Å². The van der Waals surface area contributed by atoms with Crippen molar-refractivity contribution in [3.8, 4) is 0 Å². The predicted molar refractivity (Wildman–Crippen MR) is 75.3 cm³/mol. The van der Waals surface area contributed by atoms with Gasteiger partial charge in [0, 0.05) is 0 Å². The molecule has 0 atom stereocenters. The number of urea groups is 1. The quantitative estimate of drug-likeness (QED) is 0.830. The molecule has 0 aliphatic rings. The van der Waals surface area contributed by atoms with E-state index < -0.39 is 6.03 Å². The highest BCUT2D eigenvalue weighted by Crippen LogP contribution is 2.30. The Labute approximate surface area is 110 Å². The average molecular weight is 259 g/mol. The summed E-state index contributed by atoms with van der Waals surface area (Å²) in [6, 6.07) is 18.9. The minimum Gasteiger partial charge on any atom is -0.351 e. The van der Waals surface area contributed by atoms with Crippen molar-refractivity contribution in [2.45, 2.75) is 0 Å². The molecule has 4 nitrogen and oxygen atoms in total. The van der Waals surface area contributed by atoms with Crippen molar-refractivity contribution in [2.24, 2.45) is 5.73 Å². The van der Waals surface area contributed by atoms with Gasteiger partial charge in [0.15, 0.2) is 0 Å². The summed E-state index contributed by atoms with van der Waals surface area (Å²) in [5.41, 5.74) is 7.02. The molecule has 2 rings (SSSR count). The second-order valence-electron chi connectivity index (χ2n) is 3.52. The van der Waals surface area contributed by atoms with E-state index in [1.165, 1.54) is 0 Å². The minimum atomic E-state index is -0.572. The third kappa shape index (κ3) is 3.18. The van der Waals surface area contributed by atoms with Crippen LogP contribution in [-0.2, 0) is 0 Å². The van der Waals surface area contributed by atoms with Crippen LogP contribution in [0.1, 0.15) is 0 Å². The van der Waals surface area contributed by atoms with Crippen LogP contribution in [0.4, 0.5) is 16.2 Å². The molecule has 2 aromatic rings. The van der Waals surface area contributed by atoms with Gasteiger partial charge in [0.05, 0.1) is 23.5 Å². The molecule has 0 bridgehead atoms. The third-order valence-electron chi connectivity index (χ3n) is 2.22. The summed E-state index contributed by atoms with van der Waals surface area (Å²) in [6.45, 7) is 0. The normalized spacial score (nSPS) is 9.78. The van der Waals surface area contributed by atoms with Crippen molar-refractivity contribution < 1.29 is 4.79 Å². The number of benzene rings is 2. The SMILES string of the molecule is NC(=O)NSN(c1ccccc1)c1ccccc1. The summed E-state index contributed by atoms with van der Waals surface area (Å²) in [5, 5.41) is 0. The zero-order valence-corrected chi connectivity index (χ0v) is 10.4. The third-order valence-corrected chi connectivity index (χ3v) is 3.12. The van der Waals surface area contributed by atoms with Crippen LogP contribution in [0.15, 0.2) is 60.7 Å². The van der Waals surface area contributed by atoms with E-state index in [9.17, 15) is 4.79 Å². The fraction of sp³-hybridized carbons (Fsp3) is 0. The van der Waals surface area contributed by atoms with E-state index in [0.29, 0.717) is 0 Å². The lowest BCUT2D eigenvalue weighted by Gasteiger charge is -2.22. The number of anilines is 2. The van der Waals surface area contributed by atoms with Crippen LogP contribution in [0.2, 0.25) is 0 Å². The molecule has 0 unspecified atom stereocenters. The van der Waals surface area contributed by atoms with Gasteiger partial charge in [-0.2, -0.15) is 0 Å². The Morgan fingerprint density at radius 3 is 1.78 bits per heavy atom. The van der Waals surface area contributed by atoms with Crippen LogP contribution in [0.25, 0.3) is 0 Å². The number of hydrogen-bond donors (Lipinski definition) is 2.